The van der Waals surface area contributed by atoms with Crippen molar-refractivity contribution < 1.29 is 17.6 Å². The molecule has 1 rings (SSSR count). The highest BCUT2D eigenvalue weighted by Gasteiger charge is 2.35. The topological polar surface area (TPSA) is 4.36 Å². The molecule has 0 radical (unpaired) electrons. The second-order valence-corrected chi connectivity index (χ2v) is 3.01. The summed E-state index contributed by atoms with van der Waals surface area (Å²) < 4.78 is 50.2. The average molecular weight is 217 g/mol. The van der Waals surface area contributed by atoms with Crippen LogP contribution in [0.25, 0.3) is 4.85 Å². The van der Waals surface area contributed by atoms with Gasteiger partial charge in [-0.15, -0.1) is 0 Å². The molecule has 0 saturated carbocycles. The van der Waals surface area contributed by atoms with Crippen molar-refractivity contribution in [3.8, 4) is 0 Å². The van der Waals surface area contributed by atoms with Gasteiger partial charge in [0.1, 0.15) is 5.82 Å². The first kappa shape index (κ1) is 11.5. The number of halogens is 4. The second-order valence-electron chi connectivity index (χ2n) is 3.01. The lowest BCUT2D eigenvalue weighted by molar-refractivity contribution is -0.140. The summed E-state index contributed by atoms with van der Waals surface area (Å²) in [5.41, 5.74) is -1.55. The molecule has 0 amide bonds. The Morgan fingerprint density at radius 1 is 1.33 bits per heavy atom. The van der Waals surface area contributed by atoms with Gasteiger partial charge in [-0.25, -0.2) is 11.0 Å². The fourth-order valence-electron chi connectivity index (χ4n) is 1.16. The summed E-state index contributed by atoms with van der Waals surface area (Å²) in [6.45, 7) is 8.00. The highest BCUT2D eigenvalue weighted by atomic mass is 19.4. The van der Waals surface area contributed by atoms with Gasteiger partial charge in [-0.05, 0) is 12.1 Å². The summed E-state index contributed by atoms with van der Waals surface area (Å²) in [6, 6.07) is 2.04. The fourth-order valence-corrected chi connectivity index (χ4v) is 1.16. The first-order valence-corrected chi connectivity index (χ1v) is 4.10. The van der Waals surface area contributed by atoms with Crippen molar-refractivity contribution in [3.63, 3.8) is 0 Å². The molecule has 0 aliphatic rings. The van der Waals surface area contributed by atoms with Gasteiger partial charge in [0, 0.05) is 6.92 Å². The molecule has 15 heavy (non-hydrogen) atoms. The molecular weight excluding hydrogens is 210 g/mol. The van der Waals surface area contributed by atoms with E-state index in [9.17, 15) is 17.6 Å². The van der Waals surface area contributed by atoms with Gasteiger partial charge in [-0.1, -0.05) is 6.07 Å². The summed E-state index contributed by atoms with van der Waals surface area (Å²) in [7, 11) is 0. The zero-order chi connectivity index (χ0) is 11.6. The Morgan fingerprint density at radius 2 is 1.93 bits per heavy atom. The van der Waals surface area contributed by atoms with Gasteiger partial charge >= 0.3 is 6.18 Å². The third kappa shape index (κ3) is 2.27. The summed E-state index contributed by atoms with van der Waals surface area (Å²) in [6.07, 6.45) is -4.72. The Labute approximate surface area is 84.2 Å². The molecule has 5 heteroatoms. The number of hydrogen-bond donors (Lipinski definition) is 0. The summed E-state index contributed by atoms with van der Waals surface area (Å²) in [5.74, 6) is -1.35. The van der Waals surface area contributed by atoms with Crippen LogP contribution in [-0.4, -0.2) is 0 Å². The number of rotatable bonds is 1. The molecule has 0 aliphatic carbocycles. The van der Waals surface area contributed by atoms with Crippen molar-refractivity contribution in [1.29, 1.82) is 0 Å². The third-order valence-electron chi connectivity index (χ3n) is 1.98. The van der Waals surface area contributed by atoms with Crippen LogP contribution in [0.4, 0.5) is 17.6 Å². The first-order valence-electron chi connectivity index (χ1n) is 4.10. The van der Waals surface area contributed by atoms with E-state index >= 15 is 0 Å². The maximum absolute atomic E-state index is 13.3. The molecule has 0 N–H and O–H groups in total. The van der Waals surface area contributed by atoms with E-state index in [-0.39, 0.29) is 5.56 Å². The zero-order valence-electron chi connectivity index (χ0n) is 7.77. The molecule has 0 aliphatic heterocycles. The SMILES string of the molecule is [C-]#[N+]C(C)c1cccc(C(F)(F)F)c1F. The maximum atomic E-state index is 13.3. The van der Waals surface area contributed by atoms with E-state index in [1.165, 1.54) is 13.0 Å². The van der Waals surface area contributed by atoms with Gasteiger partial charge in [-0.3, -0.25) is 0 Å². The Kier molecular flexibility index (Phi) is 2.98. The predicted molar refractivity (Wildman–Crippen MR) is 46.4 cm³/mol. The molecule has 0 fully saturated rings. The van der Waals surface area contributed by atoms with Crippen LogP contribution >= 0.6 is 0 Å². The van der Waals surface area contributed by atoms with Crippen LogP contribution in [-0.2, 0) is 6.18 Å². The second kappa shape index (κ2) is 3.89. The molecule has 1 unspecified atom stereocenters. The smallest absolute Gasteiger partial charge is 0.309 e. The van der Waals surface area contributed by atoms with Crippen LogP contribution in [0, 0.1) is 12.4 Å². The van der Waals surface area contributed by atoms with Crippen LogP contribution in [0.2, 0.25) is 0 Å². The van der Waals surface area contributed by atoms with E-state index in [1.807, 2.05) is 0 Å². The standard InChI is InChI=1S/C10H7F4N/c1-6(15-2)7-4-3-5-8(9(7)11)10(12,13)14/h3-6H,1H3. The largest absolute Gasteiger partial charge is 0.419 e. The molecule has 0 spiro atoms. The van der Waals surface area contributed by atoms with Crippen LogP contribution in [0.3, 0.4) is 0 Å². The van der Waals surface area contributed by atoms with Crippen LogP contribution < -0.4 is 0 Å². The van der Waals surface area contributed by atoms with Gasteiger partial charge in [-0.2, -0.15) is 13.2 Å². The Hall–Kier alpha value is -1.57. The normalized spacial score (nSPS) is 13.3. The van der Waals surface area contributed by atoms with E-state index in [2.05, 4.69) is 4.85 Å². The Balaban J connectivity index is 3.31. The molecule has 0 bridgehead atoms. The van der Waals surface area contributed by atoms with Crippen LogP contribution in [0.1, 0.15) is 24.1 Å². The van der Waals surface area contributed by atoms with E-state index in [4.69, 9.17) is 6.57 Å². The number of alkyl halides is 3. The number of hydrogen-bond acceptors (Lipinski definition) is 0. The van der Waals surface area contributed by atoms with E-state index in [0.29, 0.717) is 6.07 Å². The minimum atomic E-state index is -4.72. The monoisotopic (exact) mass is 217 g/mol. The van der Waals surface area contributed by atoms with Gasteiger partial charge in [0.15, 0.2) is 0 Å². The number of nitrogens with zero attached hydrogens (tertiary/aromatic N) is 1. The molecule has 0 saturated heterocycles. The van der Waals surface area contributed by atoms with Gasteiger partial charge < -0.3 is 4.85 Å². The highest BCUT2D eigenvalue weighted by Crippen LogP contribution is 2.34. The van der Waals surface area contributed by atoms with E-state index in [1.54, 1.807) is 0 Å². The minimum Gasteiger partial charge on any atom is -0.309 e. The third-order valence-corrected chi connectivity index (χ3v) is 1.98. The van der Waals surface area contributed by atoms with Crippen molar-refractivity contribution >= 4 is 0 Å². The summed E-state index contributed by atoms with van der Waals surface area (Å²) in [5, 5.41) is 0. The Morgan fingerprint density at radius 3 is 2.40 bits per heavy atom. The molecular formula is C10H7F4N. The molecule has 80 valence electrons. The van der Waals surface area contributed by atoms with Crippen LogP contribution in [0.15, 0.2) is 18.2 Å². The lowest BCUT2D eigenvalue weighted by Gasteiger charge is -2.10. The van der Waals surface area contributed by atoms with Crippen molar-refractivity contribution in [2.24, 2.45) is 0 Å². The quantitative estimate of drug-likeness (QED) is 0.497. The number of benzene rings is 1. The van der Waals surface area contributed by atoms with E-state index in [0.717, 1.165) is 6.07 Å². The predicted octanol–water partition coefficient (Wildman–Crippen LogP) is 3.82. The van der Waals surface area contributed by atoms with Crippen molar-refractivity contribution in [3.05, 3.63) is 46.6 Å². The fraction of sp³-hybridized carbons (Fsp3) is 0.300. The average Bonchev–Trinajstić information content (AvgIpc) is 2.15. The van der Waals surface area contributed by atoms with Crippen molar-refractivity contribution in [1.82, 2.24) is 0 Å². The lowest BCUT2D eigenvalue weighted by atomic mass is 10.0. The van der Waals surface area contributed by atoms with Crippen molar-refractivity contribution in [2.75, 3.05) is 0 Å². The van der Waals surface area contributed by atoms with E-state index < -0.39 is 23.6 Å². The molecule has 1 atom stereocenters. The molecule has 1 nitrogen and oxygen atoms in total. The summed E-state index contributed by atoms with van der Waals surface area (Å²) >= 11 is 0. The van der Waals surface area contributed by atoms with Crippen LogP contribution in [0.5, 0.6) is 0 Å². The highest BCUT2D eigenvalue weighted by molar-refractivity contribution is 5.31. The molecule has 1 aromatic carbocycles. The molecule has 0 heterocycles. The van der Waals surface area contributed by atoms with Gasteiger partial charge in [0.2, 0.25) is 6.04 Å². The van der Waals surface area contributed by atoms with Gasteiger partial charge in [0.25, 0.3) is 0 Å². The molecule has 0 aromatic heterocycles. The summed E-state index contributed by atoms with van der Waals surface area (Å²) in [4.78, 5) is 2.99. The lowest BCUT2D eigenvalue weighted by Crippen LogP contribution is -2.10. The minimum absolute atomic E-state index is 0.222. The molecule has 1 aromatic rings. The first-order chi connectivity index (χ1) is 6.88. The Bertz CT molecular complexity index is 403. The van der Waals surface area contributed by atoms with Gasteiger partial charge in [0.05, 0.1) is 11.1 Å². The maximum Gasteiger partial charge on any atom is 0.419 e. The van der Waals surface area contributed by atoms with Crippen molar-refractivity contribution in [2.45, 2.75) is 19.1 Å². The zero-order valence-corrected chi connectivity index (χ0v) is 7.77.